The molecule has 0 spiro atoms. The number of benzene rings is 1. The highest BCUT2D eigenvalue weighted by atomic mass is 19.1. The second-order valence-corrected chi connectivity index (χ2v) is 5.98. The van der Waals surface area contributed by atoms with Gasteiger partial charge in [-0.1, -0.05) is 0 Å². The van der Waals surface area contributed by atoms with Crippen molar-refractivity contribution in [3.63, 3.8) is 0 Å². The monoisotopic (exact) mass is 307 g/mol. The lowest BCUT2D eigenvalue weighted by molar-refractivity contribution is -0.155. The zero-order valence-corrected chi connectivity index (χ0v) is 12.7. The molecule has 0 atom stereocenters. The van der Waals surface area contributed by atoms with Crippen LogP contribution in [0.15, 0.2) is 18.3 Å². The van der Waals surface area contributed by atoms with Gasteiger partial charge in [-0.25, -0.2) is 4.39 Å². The number of carbonyl (C=O) groups is 2. The van der Waals surface area contributed by atoms with Crippen molar-refractivity contribution in [3.8, 4) is 0 Å². The molecule has 2 N–H and O–H groups in total. The van der Waals surface area contributed by atoms with Crippen molar-refractivity contribution in [2.24, 2.45) is 5.73 Å². The van der Waals surface area contributed by atoms with E-state index in [0.717, 1.165) is 6.07 Å². The zero-order chi connectivity index (χ0) is 16.5. The molecular formula is C15H18FN3O3. The Balaban J connectivity index is 2.18. The fourth-order valence-electron chi connectivity index (χ4n) is 2.05. The summed E-state index contributed by atoms with van der Waals surface area (Å²) >= 11 is 0. The smallest absolute Gasteiger partial charge is 0.308 e. The molecule has 22 heavy (non-hydrogen) atoms. The molecule has 0 saturated carbocycles. The molecule has 2 rings (SSSR count). The summed E-state index contributed by atoms with van der Waals surface area (Å²) in [6.07, 6.45) is 1.69. The molecule has 0 aliphatic rings. The fourth-order valence-corrected chi connectivity index (χ4v) is 2.05. The minimum Gasteiger partial charge on any atom is -0.460 e. The van der Waals surface area contributed by atoms with Crippen LogP contribution in [0.3, 0.4) is 0 Å². The second-order valence-electron chi connectivity index (χ2n) is 5.98. The number of amides is 1. The van der Waals surface area contributed by atoms with Gasteiger partial charge in [0.2, 0.25) is 0 Å². The van der Waals surface area contributed by atoms with Crippen LogP contribution in [0, 0.1) is 5.82 Å². The molecule has 0 unspecified atom stereocenters. The van der Waals surface area contributed by atoms with Gasteiger partial charge < -0.3 is 10.5 Å². The summed E-state index contributed by atoms with van der Waals surface area (Å²) in [7, 11) is 0. The molecule has 1 aromatic heterocycles. The number of hydrogen-bond donors (Lipinski definition) is 1. The molecule has 0 bridgehead atoms. The van der Waals surface area contributed by atoms with Gasteiger partial charge in [0.1, 0.15) is 16.9 Å². The number of nitrogens with zero attached hydrogens (tertiary/aromatic N) is 2. The SMILES string of the molecule is CC(C)(C)OC(=O)CCn1cc2cc(F)cc(C(N)=O)c2n1. The van der Waals surface area contributed by atoms with E-state index in [0.29, 0.717) is 10.9 Å². The molecule has 0 fully saturated rings. The van der Waals surface area contributed by atoms with Gasteiger partial charge in [-0.05, 0) is 32.9 Å². The molecule has 6 nitrogen and oxygen atoms in total. The number of carbonyl (C=O) groups excluding carboxylic acids is 2. The van der Waals surface area contributed by atoms with Crippen molar-refractivity contribution >= 4 is 22.8 Å². The number of fused-ring (bicyclic) bond motifs is 1. The van der Waals surface area contributed by atoms with E-state index in [1.807, 2.05) is 0 Å². The summed E-state index contributed by atoms with van der Waals surface area (Å²) in [4.78, 5) is 23.0. The number of halogens is 1. The summed E-state index contributed by atoms with van der Waals surface area (Å²) in [6.45, 7) is 5.63. The minimum atomic E-state index is -0.748. The Morgan fingerprint density at radius 2 is 2.05 bits per heavy atom. The average molecular weight is 307 g/mol. The normalized spacial score (nSPS) is 11.6. The summed E-state index contributed by atoms with van der Waals surface area (Å²) in [5, 5.41) is 4.64. The van der Waals surface area contributed by atoms with Crippen LogP contribution in [0.5, 0.6) is 0 Å². The van der Waals surface area contributed by atoms with Crippen LogP contribution in [-0.4, -0.2) is 27.3 Å². The summed E-state index contributed by atoms with van der Waals surface area (Å²) in [6, 6.07) is 2.31. The number of ether oxygens (including phenoxy) is 1. The maximum atomic E-state index is 13.4. The van der Waals surface area contributed by atoms with Crippen molar-refractivity contribution in [3.05, 3.63) is 29.7 Å². The van der Waals surface area contributed by atoms with E-state index in [4.69, 9.17) is 10.5 Å². The van der Waals surface area contributed by atoms with Gasteiger partial charge in [0.25, 0.3) is 5.91 Å². The molecule has 7 heteroatoms. The van der Waals surface area contributed by atoms with Crippen LogP contribution >= 0.6 is 0 Å². The third-order valence-electron chi connectivity index (χ3n) is 2.85. The number of primary amides is 1. The zero-order valence-electron chi connectivity index (χ0n) is 12.7. The van der Waals surface area contributed by atoms with Gasteiger partial charge in [0.15, 0.2) is 0 Å². The summed E-state index contributed by atoms with van der Waals surface area (Å²) < 4.78 is 20.1. The van der Waals surface area contributed by atoms with Crippen LogP contribution in [0.25, 0.3) is 10.9 Å². The Kier molecular flexibility index (Phi) is 4.16. The van der Waals surface area contributed by atoms with Crippen LogP contribution in [0.2, 0.25) is 0 Å². The van der Waals surface area contributed by atoms with E-state index in [1.54, 1.807) is 27.0 Å². The Morgan fingerprint density at radius 1 is 1.36 bits per heavy atom. The highest BCUT2D eigenvalue weighted by Crippen LogP contribution is 2.19. The van der Waals surface area contributed by atoms with Gasteiger partial charge in [0, 0.05) is 11.6 Å². The lowest BCUT2D eigenvalue weighted by Crippen LogP contribution is -2.24. The molecule has 118 valence electrons. The highest BCUT2D eigenvalue weighted by Gasteiger charge is 2.17. The first-order chi connectivity index (χ1) is 10.2. The third-order valence-corrected chi connectivity index (χ3v) is 2.85. The first-order valence-corrected chi connectivity index (χ1v) is 6.84. The molecule has 0 aliphatic heterocycles. The first-order valence-electron chi connectivity index (χ1n) is 6.84. The standard InChI is InChI=1S/C15H18FN3O3/c1-15(2,3)22-12(20)4-5-19-8-9-6-10(16)7-11(14(17)21)13(9)18-19/h6-8H,4-5H2,1-3H3,(H2,17,21). The molecule has 0 aliphatic carbocycles. The van der Waals surface area contributed by atoms with E-state index in [1.165, 1.54) is 10.7 Å². The Hall–Kier alpha value is -2.44. The van der Waals surface area contributed by atoms with E-state index in [-0.39, 0.29) is 24.5 Å². The maximum absolute atomic E-state index is 13.4. The van der Waals surface area contributed by atoms with Gasteiger partial charge >= 0.3 is 5.97 Å². The van der Waals surface area contributed by atoms with E-state index in [9.17, 15) is 14.0 Å². The highest BCUT2D eigenvalue weighted by molar-refractivity contribution is 6.04. The molecule has 1 heterocycles. The van der Waals surface area contributed by atoms with Gasteiger partial charge in [-0.15, -0.1) is 0 Å². The predicted molar refractivity (Wildman–Crippen MR) is 78.7 cm³/mol. The number of hydrogen-bond acceptors (Lipinski definition) is 4. The second kappa shape index (κ2) is 5.75. The van der Waals surface area contributed by atoms with Crippen molar-refractivity contribution < 1.29 is 18.7 Å². The van der Waals surface area contributed by atoms with Crippen LogP contribution in [0.4, 0.5) is 4.39 Å². The average Bonchev–Trinajstić information content (AvgIpc) is 2.75. The Labute approximate surface area is 127 Å². The van der Waals surface area contributed by atoms with Crippen molar-refractivity contribution in [2.75, 3.05) is 0 Å². The van der Waals surface area contributed by atoms with Crippen LogP contribution in [0.1, 0.15) is 37.6 Å². The van der Waals surface area contributed by atoms with E-state index < -0.39 is 17.3 Å². The molecule has 2 aromatic rings. The topological polar surface area (TPSA) is 87.2 Å². The lowest BCUT2D eigenvalue weighted by atomic mass is 10.1. The Morgan fingerprint density at radius 3 is 2.64 bits per heavy atom. The molecular weight excluding hydrogens is 289 g/mol. The fraction of sp³-hybridized carbons (Fsp3) is 0.400. The molecule has 0 radical (unpaired) electrons. The predicted octanol–water partition coefficient (Wildman–Crippen LogP) is 2.01. The van der Waals surface area contributed by atoms with Crippen molar-refractivity contribution in [2.45, 2.75) is 39.3 Å². The summed E-state index contributed by atoms with van der Waals surface area (Å²) in [5.74, 6) is -1.66. The number of aromatic nitrogens is 2. The first kappa shape index (κ1) is 15.9. The summed E-state index contributed by atoms with van der Waals surface area (Å²) in [5.41, 5.74) is 5.01. The van der Waals surface area contributed by atoms with E-state index in [2.05, 4.69) is 5.10 Å². The van der Waals surface area contributed by atoms with Gasteiger partial charge in [-0.3, -0.25) is 14.3 Å². The van der Waals surface area contributed by atoms with Crippen molar-refractivity contribution in [1.82, 2.24) is 9.78 Å². The van der Waals surface area contributed by atoms with Crippen LogP contribution < -0.4 is 5.73 Å². The maximum Gasteiger partial charge on any atom is 0.308 e. The minimum absolute atomic E-state index is 0.0195. The van der Waals surface area contributed by atoms with Gasteiger partial charge in [-0.2, -0.15) is 5.10 Å². The molecule has 1 amide bonds. The van der Waals surface area contributed by atoms with E-state index >= 15 is 0 Å². The molecule has 1 aromatic carbocycles. The Bertz CT molecular complexity index is 731. The quantitative estimate of drug-likeness (QED) is 0.875. The van der Waals surface area contributed by atoms with Gasteiger partial charge in [0.05, 0.1) is 18.5 Å². The lowest BCUT2D eigenvalue weighted by Gasteiger charge is -2.19. The van der Waals surface area contributed by atoms with Crippen molar-refractivity contribution in [1.29, 1.82) is 0 Å². The largest absolute Gasteiger partial charge is 0.460 e. The molecule has 0 saturated heterocycles. The van der Waals surface area contributed by atoms with Crippen LogP contribution in [-0.2, 0) is 16.1 Å². The third kappa shape index (κ3) is 3.81. The number of nitrogens with two attached hydrogens (primary N) is 1. The number of esters is 1. The number of aryl methyl sites for hydroxylation is 1. The number of rotatable bonds is 4.